The SMILES string of the molecule is NC1C2CCC(O2)C1c1cccc(O)c1. The minimum atomic E-state index is 0.0885. The number of aromatic hydroxyl groups is 1. The lowest BCUT2D eigenvalue weighted by Gasteiger charge is -2.25. The van der Waals surface area contributed by atoms with E-state index in [0.717, 1.165) is 18.4 Å². The van der Waals surface area contributed by atoms with Gasteiger partial charge in [-0.15, -0.1) is 0 Å². The fourth-order valence-corrected chi connectivity index (χ4v) is 2.88. The average Bonchev–Trinajstić information content (AvgIpc) is 2.77. The van der Waals surface area contributed by atoms with Gasteiger partial charge in [-0.25, -0.2) is 0 Å². The minimum Gasteiger partial charge on any atom is -0.508 e. The first kappa shape index (κ1) is 9.19. The lowest BCUT2D eigenvalue weighted by Crippen LogP contribution is -2.38. The van der Waals surface area contributed by atoms with E-state index in [9.17, 15) is 5.11 Å². The molecule has 3 N–H and O–H groups in total. The van der Waals surface area contributed by atoms with E-state index in [0.29, 0.717) is 5.75 Å². The molecular formula is C12H15NO2. The summed E-state index contributed by atoms with van der Waals surface area (Å²) in [4.78, 5) is 0. The normalized spacial score (nSPS) is 38.5. The molecule has 4 atom stereocenters. The molecule has 0 radical (unpaired) electrons. The van der Waals surface area contributed by atoms with Crippen LogP contribution in [0, 0.1) is 0 Å². The van der Waals surface area contributed by atoms with Gasteiger partial charge in [0.1, 0.15) is 5.75 Å². The molecule has 3 heteroatoms. The highest BCUT2D eigenvalue weighted by atomic mass is 16.5. The molecular weight excluding hydrogens is 190 g/mol. The molecule has 80 valence electrons. The number of fused-ring (bicyclic) bond motifs is 2. The van der Waals surface area contributed by atoms with Gasteiger partial charge < -0.3 is 15.6 Å². The molecule has 2 saturated heterocycles. The number of benzene rings is 1. The predicted molar refractivity (Wildman–Crippen MR) is 56.7 cm³/mol. The second kappa shape index (κ2) is 3.22. The van der Waals surface area contributed by atoms with Crippen LogP contribution in [0.4, 0.5) is 0 Å². The number of hydrogen-bond donors (Lipinski definition) is 2. The summed E-state index contributed by atoms with van der Waals surface area (Å²) < 4.78 is 5.78. The van der Waals surface area contributed by atoms with Crippen molar-refractivity contribution in [3.8, 4) is 5.75 Å². The molecule has 0 saturated carbocycles. The zero-order valence-electron chi connectivity index (χ0n) is 8.47. The molecule has 2 aliphatic rings. The van der Waals surface area contributed by atoms with E-state index in [1.807, 2.05) is 12.1 Å². The van der Waals surface area contributed by atoms with Crippen molar-refractivity contribution < 1.29 is 9.84 Å². The minimum absolute atomic E-state index is 0.0885. The van der Waals surface area contributed by atoms with Gasteiger partial charge in [0.25, 0.3) is 0 Å². The molecule has 3 nitrogen and oxygen atoms in total. The van der Waals surface area contributed by atoms with Crippen LogP contribution in [0.1, 0.15) is 24.3 Å². The van der Waals surface area contributed by atoms with Gasteiger partial charge in [-0.05, 0) is 30.5 Å². The smallest absolute Gasteiger partial charge is 0.115 e. The van der Waals surface area contributed by atoms with Gasteiger partial charge in [-0.1, -0.05) is 12.1 Å². The second-order valence-electron chi connectivity index (χ2n) is 4.49. The Morgan fingerprint density at radius 1 is 1.27 bits per heavy atom. The van der Waals surface area contributed by atoms with Crippen molar-refractivity contribution in [1.82, 2.24) is 0 Å². The fourth-order valence-electron chi connectivity index (χ4n) is 2.88. The third kappa shape index (κ3) is 1.34. The maximum absolute atomic E-state index is 9.45. The predicted octanol–water partition coefficient (Wildman–Crippen LogP) is 1.36. The number of phenolic OH excluding ortho intramolecular Hbond substituents is 1. The topological polar surface area (TPSA) is 55.5 Å². The summed E-state index contributed by atoms with van der Waals surface area (Å²) in [5, 5.41) is 9.45. The Morgan fingerprint density at radius 2 is 2.07 bits per heavy atom. The molecule has 1 aromatic rings. The van der Waals surface area contributed by atoms with Crippen LogP contribution in [0.3, 0.4) is 0 Å². The van der Waals surface area contributed by atoms with Crippen molar-refractivity contribution in [3.05, 3.63) is 29.8 Å². The monoisotopic (exact) mass is 205 g/mol. The van der Waals surface area contributed by atoms with Crippen LogP contribution >= 0.6 is 0 Å². The number of ether oxygens (including phenoxy) is 1. The standard InChI is InChI=1S/C12H15NO2/c13-12-10-5-4-9(15-10)11(12)7-2-1-3-8(14)6-7/h1-3,6,9-12,14H,4-5,13H2. The van der Waals surface area contributed by atoms with Gasteiger partial charge in [-0.2, -0.15) is 0 Å². The largest absolute Gasteiger partial charge is 0.508 e. The van der Waals surface area contributed by atoms with Crippen molar-refractivity contribution in [2.45, 2.75) is 37.0 Å². The van der Waals surface area contributed by atoms with Gasteiger partial charge in [0.15, 0.2) is 0 Å². The Balaban J connectivity index is 1.94. The van der Waals surface area contributed by atoms with E-state index in [1.165, 1.54) is 0 Å². The van der Waals surface area contributed by atoms with Gasteiger partial charge in [-0.3, -0.25) is 0 Å². The van der Waals surface area contributed by atoms with E-state index in [1.54, 1.807) is 12.1 Å². The third-order valence-corrected chi connectivity index (χ3v) is 3.58. The summed E-state index contributed by atoms with van der Waals surface area (Å²) in [5.41, 5.74) is 7.25. The highest BCUT2D eigenvalue weighted by Crippen LogP contribution is 2.44. The summed E-state index contributed by atoms with van der Waals surface area (Å²) >= 11 is 0. The van der Waals surface area contributed by atoms with Crippen LogP contribution in [0.15, 0.2) is 24.3 Å². The maximum Gasteiger partial charge on any atom is 0.115 e. The Bertz CT molecular complexity index is 378. The second-order valence-corrected chi connectivity index (χ2v) is 4.49. The third-order valence-electron chi connectivity index (χ3n) is 3.58. The molecule has 2 bridgehead atoms. The zero-order valence-corrected chi connectivity index (χ0v) is 8.47. The van der Waals surface area contributed by atoms with Gasteiger partial charge in [0, 0.05) is 12.0 Å². The number of nitrogens with two attached hydrogens (primary N) is 1. The molecule has 0 amide bonds. The molecule has 0 aromatic heterocycles. The quantitative estimate of drug-likeness (QED) is 0.728. The van der Waals surface area contributed by atoms with Crippen LogP contribution < -0.4 is 5.73 Å². The van der Waals surface area contributed by atoms with Crippen LogP contribution in [0.5, 0.6) is 5.75 Å². The average molecular weight is 205 g/mol. The van der Waals surface area contributed by atoms with E-state index >= 15 is 0 Å². The molecule has 2 aliphatic heterocycles. The Morgan fingerprint density at radius 3 is 2.73 bits per heavy atom. The highest BCUT2D eigenvalue weighted by molar-refractivity contribution is 5.33. The van der Waals surface area contributed by atoms with Gasteiger partial charge in [0.2, 0.25) is 0 Å². The van der Waals surface area contributed by atoms with Gasteiger partial charge >= 0.3 is 0 Å². The molecule has 0 spiro atoms. The Hall–Kier alpha value is -1.06. The van der Waals surface area contributed by atoms with Crippen molar-refractivity contribution in [2.75, 3.05) is 0 Å². The molecule has 0 aliphatic carbocycles. The number of phenols is 1. The summed E-state index contributed by atoms with van der Waals surface area (Å²) in [6, 6.07) is 7.46. The summed E-state index contributed by atoms with van der Waals surface area (Å²) in [6.45, 7) is 0. The Labute approximate surface area is 88.9 Å². The van der Waals surface area contributed by atoms with E-state index < -0.39 is 0 Å². The van der Waals surface area contributed by atoms with E-state index in [2.05, 4.69) is 0 Å². The first-order valence-electron chi connectivity index (χ1n) is 5.45. The lowest BCUT2D eigenvalue weighted by atomic mass is 9.80. The van der Waals surface area contributed by atoms with Crippen LogP contribution in [0.25, 0.3) is 0 Å². The van der Waals surface area contributed by atoms with E-state index in [4.69, 9.17) is 10.5 Å². The molecule has 15 heavy (non-hydrogen) atoms. The zero-order chi connectivity index (χ0) is 10.4. The van der Waals surface area contributed by atoms with Gasteiger partial charge in [0.05, 0.1) is 12.2 Å². The van der Waals surface area contributed by atoms with Crippen LogP contribution in [-0.2, 0) is 4.74 Å². The fraction of sp³-hybridized carbons (Fsp3) is 0.500. The molecule has 4 unspecified atom stereocenters. The summed E-state index contributed by atoms with van der Waals surface area (Å²) in [5.74, 6) is 0.568. The Kier molecular flexibility index (Phi) is 1.97. The maximum atomic E-state index is 9.45. The van der Waals surface area contributed by atoms with Crippen LogP contribution in [-0.4, -0.2) is 23.4 Å². The highest BCUT2D eigenvalue weighted by Gasteiger charge is 2.47. The first-order valence-corrected chi connectivity index (χ1v) is 5.45. The van der Waals surface area contributed by atoms with Crippen LogP contribution in [0.2, 0.25) is 0 Å². The summed E-state index contributed by atoms with van der Waals surface area (Å²) in [7, 11) is 0. The van der Waals surface area contributed by atoms with Crippen molar-refractivity contribution in [2.24, 2.45) is 5.73 Å². The molecule has 2 fully saturated rings. The van der Waals surface area contributed by atoms with Crippen molar-refractivity contribution >= 4 is 0 Å². The van der Waals surface area contributed by atoms with Crippen molar-refractivity contribution in [1.29, 1.82) is 0 Å². The van der Waals surface area contributed by atoms with E-state index in [-0.39, 0.29) is 24.2 Å². The number of hydrogen-bond acceptors (Lipinski definition) is 3. The first-order chi connectivity index (χ1) is 7.25. The molecule has 2 heterocycles. The number of rotatable bonds is 1. The lowest BCUT2D eigenvalue weighted by molar-refractivity contribution is 0.0976. The summed E-state index contributed by atoms with van der Waals surface area (Å²) in [6.07, 6.45) is 2.66. The molecule has 1 aromatic carbocycles. The van der Waals surface area contributed by atoms with Crippen molar-refractivity contribution in [3.63, 3.8) is 0 Å². The molecule has 3 rings (SSSR count).